The maximum absolute atomic E-state index is 13.1. The number of nitrogens with zero attached hydrogens (tertiary/aromatic N) is 5. The average molecular weight is 412 g/mol. The standard InChI is InChI=1S/C21H22ClN5O2/c22-19-8-6-16(7-9-19)18(13-27-15-23-24-25-27)12-21(28)26-10-11-29-20(14-26)17-4-2-1-3-5-17/h1-9,15,18,20H,10-14H2. The van der Waals surface area contributed by atoms with Gasteiger partial charge in [0.1, 0.15) is 12.4 Å². The van der Waals surface area contributed by atoms with Crippen LogP contribution in [0.2, 0.25) is 5.02 Å². The second kappa shape index (κ2) is 9.15. The molecule has 0 radical (unpaired) electrons. The number of carbonyl (C=O) groups excluding carboxylic acids is 1. The summed E-state index contributed by atoms with van der Waals surface area (Å²) in [5.41, 5.74) is 2.12. The highest BCUT2D eigenvalue weighted by Gasteiger charge is 2.27. The Morgan fingerprint density at radius 3 is 2.69 bits per heavy atom. The van der Waals surface area contributed by atoms with Crippen molar-refractivity contribution >= 4 is 17.5 Å². The van der Waals surface area contributed by atoms with Gasteiger partial charge >= 0.3 is 0 Å². The van der Waals surface area contributed by atoms with E-state index < -0.39 is 0 Å². The van der Waals surface area contributed by atoms with E-state index >= 15 is 0 Å². The van der Waals surface area contributed by atoms with Crippen LogP contribution in [-0.4, -0.2) is 50.7 Å². The van der Waals surface area contributed by atoms with E-state index in [1.807, 2.05) is 59.5 Å². The fourth-order valence-corrected chi connectivity index (χ4v) is 3.72. The van der Waals surface area contributed by atoms with Crippen LogP contribution < -0.4 is 0 Å². The van der Waals surface area contributed by atoms with Gasteiger partial charge < -0.3 is 9.64 Å². The Bertz CT molecular complexity index is 918. The lowest BCUT2D eigenvalue weighted by Gasteiger charge is -2.34. The molecule has 1 aliphatic rings. The topological polar surface area (TPSA) is 73.1 Å². The quantitative estimate of drug-likeness (QED) is 0.623. The Hall–Kier alpha value is -2.77. The first kappa shape index (κ1) is 19.5. The number of ether oxygens (including phenoxy) is 1. The smallest absolute Gasteiger partial charge is 0.223 e. The van der Waals surface area contributed by atoms with Gasteiger partial charge in [-0.2, -0.15) is 0 Å². The number of tetrazole rings is 1. The molecule has 1 aromatic heterocycles. The summed E-state index contributed by atoms with van der Waals surface area (Å²) in [6.07, 6.45) is 1.83. The van der Waals surface area contributed by atoms with Gasteiger partial charge in [-0.05, 0) is 33.7 Å². The van der Waals surface area contributed by atoms with Crippen molar-refractivity contribution in [3.8, 4) is 0 Å². The van der Waals surface area contributed by atoms with Gasteiger partial charge in [0.05, 0.1) is 19.7 Å². The summed E-state index contributed by atoms with van der Waals surface area (Å²) in [6.45, 7) is 2.21. The zero-order chi connectivity index (χ0) is 20.1. The number of aromatic nitrogens is 4. The van der Waals surface area contributed by atoms with E-state index in [2.05, 4.69) is 15.5 Å². The lowest BCUT2D eigenvalue weighted by atomic mass is 9.94. The van der Waals surface area contributed by atoms with Crippen LogP contribution >= 0.6 is 11.6 Å². The molecule has 0 N–H and O–H groups in total. The van der Waals surface area contributed by atoms with E-state index in [1.165, 1.54) is 0 Å². The largest absolute Gasteiger partial charge is 0.370 e. The van der Waals surface area contributed by atoms with E-state index in [1.54, 1.807) is 11.0 Å². The summed E-state index contributed by atoms with van der Waals surface area (Å²) in [5.74, 6) is 0.0449. The first-order valence-corrected chi connectivity index (χ1v) is 9.97. The summed E-state index contributed by atoms with van der Waals surface area (Å²) >= 11 is 6.03. The average Bonchev–Trinajstić information content (AvgIpc) is 3.28. The van der Waals surface area contributed by atoms with E-state index in [0.29, 0.717) is 37.7 Å². The molecule has 3 aromatic rings. The number of amides is 1. The van der Waals surface area contributed by atoms with Crippen LogP contribution in [0.3, 0.4) is 0 Å². The summed E-state index contributed by atoms with van der Waals surface area (Å²) in [4.78, 5) is 15.0. The third kappa shape index (κ3) is 4.99. The number of halogens is 1. The molecule has 0 saturated carbocycles. The Kier molecular flexibility index (Phi) is 6.17. The third-order valence-electron chi connectivity index (χ3n) is 5.15. The molecule has 150 valence electrons. The number of morpholine rings is 1. The Labute approximate surface area is 174 Å². The zero-order valence-corrected chi connectivity index (χ0v) is 16.7. The molecule has 1 aliphatic heterocycles. The molecule has 29 heavy (non-hydrogen) atoms. The summed E-state index contributed by atoms with van der Waals surface area (Å²) < 4.78 is 7.54. The number of benzene rings is 2. The molecule has 4 rings (SSSR count). The van der Waals surface area contributed by atoms with Crippen molar-refractivity contribution in [2.45, 2.75) is 25.0 Å². The summed E-state index contributed by atoms with van der Waals surface area (Å²) in [6, 6.07) is 17.6. The molecule has 0 aliphatic carbocycles. The van der Waals surface area contributed by atoms with Crippen LogP contribution in [0, 0.1) is 0 Å². The van der Waals surface area contributed by atoms with Crippen LogP contribution in [0.25, 0.3) is 0 Å². The van der Waals surface area contributed by atoms with E-state index in [-0.39, 0.29) is 17.9 Å². The molecular formula is C21H22ClN5O2. The fraction of sp³-hybridized carbons (Fsp3) is 0.333. The third-order valence-corrected chi connectivity index (χ3v) is 5.40. The SMILES string of the molecule is O=C(CC(Cn1cnnn1)c1ccc(Cl)cc1)N1CCOC(c2ccccc2)C1. The van der Waals surface area contributed by atoms with Gasteiger partial charge in [-0.15, -0.1) is 5.10 Å². The predicted octanol–water partition coefficient (Wildman–Crippen LogP) is 3.10. The van der Waals surface area contributed by atoms with Gasteiger partial charge in [0.2, 0.25) is 5.91 Å². The molecule has 1 fully saturated rings. The lowest BCUT2D eigenvalue weighted by molar-refractivity contribution is -0.139. The second-order valence-corrected chi connectivity index (χ2v) is 7.53. The van der Waals surface area contributed by atoms with Gasteiger partial charge in [0.25, 0.3) is 0 Å². The zero-order valence-electron chi connectivity index (χ0n) is 15.9. The molecule has 2 heterocycles. The van der Waals surface area contributed by atoms with Crippen molar-refractivity contribution in [2.24, 2.45) is 0 Å². The van der Waals surface area contributed by atoms with E-state index in [0.717, 1.165) is 11.1 Å². The fourth-order valence-electron chi connectivity index (χ4n) is 3.60. The molecule has 7 nitrogen and oxygen atoms in total. The van der Waals surface area contributed by atoms with E-state index in [4.69, 9.17) is 16.3 Å². The van der Waals surface area contributed by atoms with Crippen LogP contribution in [-0.2, 0) is 16.1 Å². The Morgan fingerprint density at radius 1 is 1.17 bits per heavy atom. The molecule has 0 bridgehead atoms. The highest BCUT2D eigenvalue weighted by Crippen LogP contribution is 2.27. The van der Waals surface area contributed by atoms with Crippen molar-refractivity contribution in [1.82, 2.24) is 25.1 Å². The van der Waals surface area contributed by atoms with Crippen LogP contribution in [0.15, 0.2) is 60.9 Å². The Balaban J connectivity index is 1.47. The molecule has 2 aromatic carbocycles. The Morgan fingerprint density at radius 2 is 1.97 bits per heavy atom. The molecule has 1 saturated heterocycles. The van der Waals surface area contributed by atoms with Crippen molar-refractivity contribution in [3.63, 3.8) is 0 Å². The van der Waals surface area contributed by atoms with Gasteiger partial charge in [-0.25, -0.2) is 4.68 Å². The highest BCUT2D eigenvalue weighted by atomic mass is 35.5. The minimum atomic E-state index is -0.0950. The summed E-state index contributed by atoms with van der Waals surface area (Å²) in [5, 5.41) is 12.0. The van der Waals surface area contributed by atoms with Crippen molar-refractivity contribution in [2.75, 3.05) is 19.7 Å². The number of hydrogen-bond acceptors (Lipinski definition) is 5. The van der Waals surface area contributed by atoms with E-state index in [9.17, 15) is 4.79 Å². The predicted molar refractivity (Wildman–Crippen MR) is 108 cm³/mol. The van der Waals surface area contributed by atoms with Gasteiger partial charge in [-0.3, -0.25) is 4.79 Å². The molecule has 2 unspecified atom stereocenters. The minimum absolute atomic E-state index is 0.0544. The number of hydrogen-bond donors (Lipinski definition) is 0. The molecule has 8 heteroatoms. The van der Waals surface area contributed by atoms with Gasteiger partial charge in [0.15, 0.2) is 0 Å². The maximum atomic E-state index is 13.1. The van der Waals surface area contributed by atoms with Crippen LogP contribution in [0.5, 0.6) is 0 Å². The second-order valence-electron chi connectivity index (χ2n) is 7.09. The van der Waals surface area contributed by atoms with Crippen LogP contribution in [0.1, 0.15) is 29.6 Å². The molecule has 0 spiro atoms. The summed E-state index contributed by atoms with van der Waals surface area (Å²) in [7, 11) is 0. The molecular weight excluding hydrogens is 390 g/mol. The minimum Gasteiger partial charge on any atom is -0.370 e. The molecule has 1 amide bonds. The van der Waals surface area contributed by atoms with Gasteiger partial charge in [-0.1, -0.05) is 54.1 Å². The molecule has 2 atom stereocenters. The van der Waals surface area contributed by atoms with Crippen molar-refractivity contribution in [3.05, 3.63) is 77.1 Å². The normalized spacial score (nSPS) is 17.8. The maximum Gasteiger partial charge on any atom is 0.223 e. The first-order valence-electron chi connectivity index (χ1n) is 9.59. The number of rotatable bonds is 6. The highest BCUT2D eigenvalue weighted by molar-refractivity contribution is 6.30. The van der Waals surface area contributed by atoms with Crippen molar-refractivity contribution in [1.29, 1.82) is 0 Å². The lowest BCUT2D eigenvalue weighted by Crippen LogP contribution is -2.42. The monoisotopic (exact) mass is 411 g/mol. The first-order chi connectivity index (χ1) is 14.2. The number of carbonyl (C=O) groups is 1. The van der Waals surface area contributed by atoms with Crippen LogP contribution in [0.4, 0.5) is 0 Å². The van der Waals surface area contributed by atoms with Gasteiger partial charge in [0, 0.05) is 23.9 Å². The van der Waals surface area contributed by atoms with Crippen molar-refractivity contribution < 1.29 is 9.53 Å².